The lowest BCUT2D eigenvalue weighted by Gasteiger charge is -2.08. The highest BCUT2D eigenvalue weighted by molar-refractivity contribution is 5.75. The van der Waals surface area contributed by atoms with Crippen LogP contribution in [0.2, 0.25) is 0 Å². The molecule has 2 nitrogen and oxygen atoms in total. The van der Waals surface area contributed by atoms with Gasteiger partial charge < -0.3 is 4.57 Å². The van der Waals surface area contributed by atoms with Gasteiger partial charge in [-0.25, -0.2) is 13.8 Å². The minimum Gasteiger partial charge on any atom is -0.334 e. The molecule has 0 spiro atoms. The molecule has 0 aliphatic rings. The topological polar surface area (TPSA) is 17.8 Å². The Morgan fingerprint density at radius 1 is 1.31 bits per heavy atom. The molecule has 0 unspecified atom stereocenters. The van der Waals surface area contributed by atoms with Gasteiger partial charge in [-0.1, -0.05) is 12.6 Å². The number of benzene rings is 1. The van der Waals surface area contributed by atoms with Crippen molar-refractivity contribution >= 4 is 5.57 Å². The maximum atomic E-state index is 13.5. The van der Waals surface area contributed by atoms with E-state index >= 15 is 0 Å². The molecular weight excluding hydrogens is 210 g/mol. The molecule has 0 aliphatic carbocycles. The zero-order chi connectivity index (χ0) is 11.7. The van der Waals surface area contributed by atoms with Crippen molar-refractivity contribution in [3.63, 3.8) is 0 Å². The second-order valence-electron chi connectivity index (χ2n) is 3.44. The lowest BCUT2D eigenvalue weighted by atomic mass is 10.1. The van der Waals surface area contributed by atoms with Gasteiger partial charge in [0, 0.05) is 25.0 Å². The molecule has 16 heavy (non-hydrogen) atoms. The second-order valence-corrected chi connectivity index (χ2v) is 3.44. The summed E-state index contributed by atoms with van der Waals surface area (Å²) in [6.07, 6.45) is 3.25. The van der Waals surface area contributed by atoms with E-state index in [1.54, 1.807) is 24.0 Å². The van der Waals surface area contributed by atoms with Crippen molar-refractivity contribution in [1.29, 1.82) is 0 Å². The molecule has 0 amide bonds. The summed E-state index contributed by atoms with van der Waals surface area (Å²) in [7, 11) is 1.74. The number of aryl methyl sites for hydroxylation is 1. The third kappa shape index (κ3) is 1.62. The molecule has 0 bridgehead atoms. The molecule has 0 radical (unpaired) electrons. The van der Waals surface area contributed by atoms with Gasteiger partial charge in [0.15, 0.2) is 0 Å². The third-order valence-electron chi connectivity index (χ3n) is 2.36. The Labute approximate surface area is 91.9 Å². The van der Waals surface area contributed by atoms with Crippen molar-refractivity contribution in [2.45, 2.75) is 0 Å². The van der Waals surface area contributed by atoms with Gasteiger partial charge in [-0.15, -0.1) is 0 Å². The van der Waals surface area contributed by atoms with E-state index in [0.29, 0.717) is 5.82 Å². The van der Waals surface area contributed by atoms with Crippen LogP contribution in [0.25, 0.3) is 5.57 Å². The molecule has 2 rings (SSSR count). The van der Waals surface area contributed by atoms with Crippen molar-refractivity contribution in [2.75, 3.05) is 0 Å². The summed E-state index contributed by atoms with van der Waals surface area (Å²) >= 11 is 0. The van der Waals surface area contributed by atoms with E-state index in [0.717, 1.165) is 0 Å². The number of rotatable bonds is 2. The predicted octanol–water partition coefficient (Wildman–Crippen LogP) is 2.76. The smallest absolute Gasteiger partial charge is 0.139 e. The lowest BCUT2D eigenvalue weighted by Crippen LogP contribution is -2.01. The van der Waals surface area contributed by atoms with Gasteiger partial charge in [0.1, 0.15) is 17.5 Å². The maximum absolute atomic E-state index is 13.5. The van der Waals surface area contributed by atoms with Gasteiger partial charge >= 0.3 is 0 Å². The van der Waals surface area contributed by atoms with Crippen LogP contribution in [0.1, 0.15) is 11.4 Å². The number of halogens is 2. The lowest BCUT2D eigenvalue weighted by molar-refractivity contribution is 0.576. The first-order chi connectivity index (χ1) is 7.61. The van der Waals surface area contributed by atoms with Gasteiger partial charge in [0.05, 0.1) is 5.56 Å². The molecule has 2 aromatic rings. The molecule has 0 aliphatic heterocycles. The average molecular weight is 220 g/mol. The summed E-state index contributed by atoms with van der Waals surface area (Å²) in [4.78, 5) is 4.00. The van der Waals surface area contributed by atoms with Crippen LogP contribution in [0.3, 0.4) is 0 Å². The number of hydrogen-bond acceptors (Lipinski definition) is 1. The van der Waals surface area contributed by atoms with Gasteiger partial charge in [-0.2, -0.15) is 0 Å². The number of imidazole rings is 1. The zero-order valence-corrected chi connectivity index (χ0v) is 8.74. The molecule has 1 aromatic carbocycles. The quantitative estimate of drug-likeness (QED) is 0.760. The van der Waals surface area contributed by atoms with Crippen LogP contribution in [0.5, 0.6) is 0 Å². The van der Waals surface area contributed by atoms with Crippen LogP contribution in [-0.4, -0.2) is 9.55 Å². The van der Waals surface area contributed by atoms with E-state index in [1.165, 1.54) is 18.2 Å². The minimum absolute atomic E-state index is 0.128. The van der Waals surface area contributed by atoms with Crippen molar-refractivity contribution < 1.29 is 8.78 Å². The van der Waals surface area contributed by atoms with Crippen molar-refractivity contribution in [3.8, 4) is 0 Å². The van der Waals surface area contributed by atoms with E-state index < -0.39 is 11.6 Å². The first-order valence-electron chi connectivity index (χ1n) is 4.72. The second kappa shape index (κ2) is 3.89. The fourth-order valence-corrected chi connectivity index (χ4v) is 1.55. The molecule has 1 heterocycles. The zero-order valence-electron chi connectivity index (χ0n) is 8.74. The van der Waals surface area contributed by atoms with Gasteiger partial charge in [0.25, 0.3) is 0 Å². The normalized spacial score (nSPS) is 10.4. The van der Waals surface area contributed by atoms with Crippen LogP contribution in [-0.2, 0) is 7.05 Å². The Morgan fingerprint density at radius 2 is 1.94 bits per heavy atom. The summed E-state index contributed by atoms with van der Waals surface area (Å²) in [5.74, 6) is -0.815. The Morgan fingerprint density at radius 3 is 2.44 bits per heavy atom. The van der Waals surface area contributed by atoms with Crippen LogP contribution in [0.4, 0.5) is 8.78 Å². The minimum atomic E-state index is -0.631. The van der Waals surface area contributed by atoms with Gasteiger partial charge in [-0.3, -0.25) is 0 Å². The van der Waals surface area contributed by atoms with Gasteiger partial charge in [-0.05, 0) is 12.1 Å². The first kappa shape index (κ1) is 10.5. The molecule has 0 saturated heterocycles. The third-order valence-corrected chi connectivity index (χ3v) is 2.36. The monoisotopic (exact) mass is 220 g/mol. The highest BCUT2D eigenvalue weighted by atomic mass is 19.1. The van der Waals surface area contributed by atoms with E-state index in [-0.39, 0.29) is 11.1 Å². The summed E-state index contributed by atoms with van der Waals surface area (Å²) < 4.78 is 28.6. The van der Waals surface area contributed by atoms with Crippen molar-refractivity contribution in [2.24, 2.45) is 7.05 Å². The van der Waals surface area contributed by atoms with Crippen LogP contribution in [0.15, 0.2) is 37.2 Å². The van der Waals surface area contributed by atoms with Crippen LogP contribution >= 0.6 is 0 Å². The molecule has 0 fully saturated rings. The SMILES string of the molecule is C=C(c1c(F)cccc1F)c1nccn1C. The molecule has 0 atom stereocenters. The van der Waals surface area contributed by atoms with Crippen molar-refractivity contribution in [3.05, 3.63) is 60.2 Å². The van der Waals surface area contributed by atoms with E-state index in [2.05, 4.69) is 11.6 Å². The summed E-state index contributed by atoms with van der Waals surface area (Å²) in [5, 5.41) is 0. The molecule has 0 N–H and O–H groups in total. The van der Waals surface area contributed by atoms with E-state index in [4.69, 9.17) is 0 Å². The largest absolute Gasteiger partial charge is 0.334 e. The predicted molar refractivity (Wildman–Crippen MR) is 57.7 cm³/mol. The van der Waals surface area contributed by atoms with E-state index in [1.807, 2.05) is 0 Å². The Balaban J connectivity index is 2.54. The first-order valence-corrected chi connectivity index (χ1v) is 4.72. The molecule has 1 aromatic heterocycles. The van der Waals surface area contributed by atoms with Crippen LogP contribution < -0.4 is 0 Å². The van der Waals surface area contributed by atoms with Crippen molar-refractivity contribution in [1.82, 2.24) is 9.55 Å². The standard InChI is InChI=1S/C12H10F2N2/c1-8(12-15-6-7-16(12)2)11-9(13)4-3-5-10(11)14/h3-7H,1H2,2H3. The summed E-state index contributed by atoms with van der Waals surface area (Å²) in [6, 6.07) is 3.72. The number of aromatic nitrogens is 2. The highest BCUT2D eigenvalue weighted by Crippen LogP contribution is 2.24. The molecular formula is C12H10F2N2. The van der Waals surface area contributed by atoms with Gasteiger partial charge in [0.2, 0.25) is 0 Å². The van der Waals surface area contributed by atoms with E-state index in [9.17, 15) is 8.78 Å². The number of hydrogen-bond donors (Lipinski definition) is 0. The molecule has 4 heteroatoms. The average Bonchev–Trinajstić information content (AvgIpc) is 2.64. The Kier molecular flexibility index (Phi) is 2.56. The Bertz CT molecular complexity index is 523. The highest BCUT2D eigenvalue weighted by Gasteiger charge is 2.15. The molecule has 0 saturated carbocycles. The Hall–Kier alpha value is -1.97. The fourth-order valence-electron chi connectivity index (χ4n) is 1.55. The maximum Gasteiger partial charge on any atom is 0.139 e. The molecule has 82 valence electrons. The van der Waals surface area contributed by atoms with Crippen LogP contribution in [0, 0.1) is 11.6 Å². The number of nitrogens with zero attached hydrogens (tertiary/aromatic N) is 2. The summed E-state index contributed by atoms with van der Waals surface area (Å²) in [6.45, 7) is 3.69. The summed E-state index contributed by atoms with van der Waals surface area (Å²) in [5.41, 5.74) is 0.111. The fraction of sp³-hybridized carbons (Fsp3) is 0.0833.